The molecule has 2 aliphatic rings. The summed E-state index contributed by atoms with van der Waals surface area (Å²) in [4.78, 5) is 26.2. The molecule has 1 fully saturated rings. The zero-order chi connectivity index (χ0) is 19.7. The summed E-state index contributed by atoms with van der Waals surface area (Å²) in [5.74, 6) is -0.428. The Labute approximate surface area is 164 Å². The second kappa shape index (κ2) is 7.37. The van der Waals surface area contributed by atoms with Crippen molar-refractivity contribution < 1.29 is 18.0 Å². The summed E-state index contributed by atoms with van der Waals surface area (Å²) in [6, 6.07) is 14.0. The van der Waals surface area contributed by atoms with Gasteiger partial charge in [-0.15, -0.1) is 0 Å². The highest BCUT2D eigenvalue weighted by Gasteiger charge is 2.29. The summed E-state index contributed by atoms with van der Waals surface area (Å²) in [5.41, 5.74) is 2.86. The van der Waals surface area contributed by atoms with Crippen molar-refractivity contribution in [2.45, 2.75) is 17.9 Å². The van der Waals surface area contributed by atoms with Crippen LogP contribution in [0.1, 0.15) is 21.5 Å². The molecule has 0 spiro atoms. The van der Waals surface area contributed by atoms with E-state index in [-0.39, 0.29) is 29.8 Å². The average molecular weight is 399 g/mol. The van der Waals surface area contributed by atoms with E-state index in [9.17, 15) is 18.0 Å². The first-order valence-electron chi connectivity index (χ1n) is 9.18. The van der Waals surface area contributed by atoms with Gasteiger partial charge in [0.15, 0.2) is 0 Å². The van der Waals surface area contributed by atoms with Gasteiger partial charge in [-0.05, 0) is 41.8 Å². The lowest BCUT2D eigenvalue weighted by atomic mass is 9.99. The van der Waals surface area contributed by atoms with Gasteiger partial charge >= 0.3 is 0 Å². The number of hydrogen-bond acceptors (Lipinski definition) is 4. The molecule has 0 saturated carbocycles. The molecule has 0 bridgehead atoms. The molecule has 0 atom stereocenters. The number of nitrogens with one attached hydrogen (secondary N) is 1. The normalized spacial score (nSPS) is 17.7. The maximum Gasteiger partial charge on any atom is 0.254 e. The van der Waals surface area contributed by atoms with Crippen LogP contribution in [-0.2, 0) is 27.8 Å². The highest BCUT2D eigenvalue weighted by atomic mass is 32.2. The molecule has 4 rings (SSSR count). The molecule has 2 aliphatic heterocycles. The second-order valence-corrected chi connectivity index (χ2v) is 8.90. The van der Waals surface area contributed by atoms with Crippen LogP contribution in [0.15, 0.2) is 53.4 Å². The Bertz CT molecular complexity index is 1020. The molecule has 8 heteroatoms. The van der Waals surface area contributed by atoms with E-state index in [1.54, 1.807) is 17.0 Å². The molecule has 0 radical (unpaired) electrons. The molecule has 0 aromatic heterocycles. The van der Waals surface area contributed by atoms with Crippen LogP contribution in [-0.4, -0.2) is 55.6 Å². The van der Waals surface area contributed by atoms with Crippen LogP contribution in [0.5, 0.6) is 0 Å². The van der Waals surface area contributed by atoms with Crippen LogP contribution in [0, 0.1) is 0 Å². The van der Waals surface area contributed by atoms with Gasteiger partial charge in [0.2, 0.25) is 15.9 Å². The van der Waals surface area contributed by atoms with E-state index in [4.69, 9.17) is 0 Å². The first-order chi connectivity index (χ1) is 13.4. The molecule has 2 heterocycles. The molecule has 0 aliphatic carbocycles. The van der Waals surface area contributed by atoms with Gasteiger partial charge in [0.25, 0.3) is 5.91 Å². The number of carbonyl (C=O) groups is 2. The van der Waals surface area contributed by atoms with Crippen molar-refractivity contribution >= 4 is 21.8 Å². The van der Waals surface area contributed by atoms with Crippen molar-refractivity contribution in [2.24, 2.45) is 0 Å². The lowest BCUT2D eigenvalue weighted by molar-refractivity contribution is -0.122. The number of nitrogens with zero attached hydrogens (tertiary/aromatic N) is 2. The third kappa shape index (κ3) is 3.53. The third-order valence-electron chi connectivity index (χ3n) is 5.16. The van der Waals surface area contributed by atoms with Crippen molar-refractivity contribution in [2.75, 3.05) is 26.2 Å². The molecule has 2 aromatic carbocycles. The summed E-state index contributed by atoms with van der Waals surface area (Å²) in [6.07, 6.45) is 0.811. The van der Waals surface area contributed by atoms with E-state index in [1.807, 2.05) is 18.2 Å². The SMILES string of the molecule is O=C1CN(S(=O)(=O)c2ccc(C(=O)N3CCc4ccccc4C3)cc2)CCN1. The predicted octanol–water partition coefficient (Wildman–Crippen LogP) is 1.01. The maximum atomic E-state index is 12.8. The Balaban J connectivity index is 1.50. The van der Waals surface area contributed by atoms with Gasteiger partial charge in [-0.3, -0.25) is 9.59 Å². The summed E-state index contributed by atoms with van der Waals surface area (Å²) < 4.78 is 26.6. The van der Waals surface area contributed by atoms with Crippen LogP contribution in [0.2, 0.25) is 0 Å². The number of hydrogen-bond donors (Lipinski definition) is 1. The zero-order valence-corrected chi connectivity index (χ0v) is 16.1. The molecular formula is C20H21N3O4S. The van der Waals surface area contributed by atoms with Gasteiger partial charge in [0.1, 0.15) is 0 Å². The number of amides is 2. The summed E-state index contributed by atoms with van der Waals surface area (Å²) in [6.45, 7) is 1.54. The van der Waals surface area contributed by atoms with Crippen molar-refractivity contribution in [3.05, 3.63) is 65.2 Å². The summed E-state index contributed by atoms with van der Waals surface area (Å²) in [7, 11) is -3.75. The molecule has 7 nitrogen and oxygen atoms in total. The molecule has 28 heavy (non-hydrogen) atoms. The average Bonchev–Trinajstić information content (AvgIpc) is 2.73. The highest BCUT2D eigenvalue weighted by molar-refractivity contribution is 7.89. The van der Waals surface area contributed by atoms with Crippen LogP contribution in [0.4, 0.5) is 0 Å². The topological polar surface area (TPSA) is 86.8 Å². The van der Waals surface area contributed by atoms with E-state index in [0.29, 0.717) is 25.2 Å². The highest BCUT2D eigenvalue weighted by Crippen LogP contribution is 2.22. The minimum absolute atomic E-state index is 0.0859. The van der Waals surface area contributed by atoms with Crippen LogP contribution < -0.4 is 5.32 Å². The Morgan fingerprint density at radius 1 is 0.929 bits per heavy atom. The first kappa shape index (κ1) is 18.6. The molecule has 2 aromatic rings. The van der Waals surface area contributed by atoms with Crippen molar-refractivity contribution in [3.8, 4) is 0 Å². The summed E-state index contributed by atoms with van der Waals surface area (Å²) >= 11 is 0. The molecule has 0 unspecified atom stereocenters. The van der Waals surface area contributed by atoms with Crippen LogP contribution in [0.3, 0.4) is 0 Å². The number of sulfonamides is 1. The van der Waals surface area contributed by atoms with Gasteiger partial charge in [-0.1, -0.05) is 24.3 Å². The first-order valence-corrected chi connectivity index (χ1v) is 10.6. The zero-order valence-electron chi connectivity index (χ0n) is 15.3. The summed E-state index contributed by atoms with van der Waals surface area (Å²) in [5, 5.41) is 2.61. The van der Waals surface area contributed by atoms with Crippen molar-refractivity contribution in [1.29, 1.82) is 0 Å². The maximum absolute atomic E-state index is 12.8. The van der Waals surface area contributed by atoms with E-state index in [2.05, 4.69) is 11.4 Å². The number of carbonyl (C=O) groups excluding carboxylic acids is 2. The largest absolute Gasteiger partial charge is 0.354 e. The number of rotatable bonds is 3. The molecule has 146 valence electrons. The van der Waals surface area contributed by atoms with Gasteiger partial charge < -0.3 is 10.2 Å². The third-order valence-corrected chi connectivity index (χ3v) is 7.02. The van der Waals surface area contributed by atoms with Gasteiger partial charge in [0, 0.05) is 31.7 Å². The standard InChI is InChI=1S/C20H21N3O4S/c24-19-14-23(12-10-21-19)28(26,27)18-7-5-16(6-8-18)20(25)22-11-9-15-3-1-2-4-17(15)13-22/h1-8H,9-14H2,(H,21,24). The number of benzene rings is 2. The second-order valence-electron chi connectivity index (χ2n) is 6.96. The fourth-order valence-electron chi connectivity index (χ4n) is 3.59. The fourth-order valence-corrected chi connectivity index (χ4v) is 4.99. The monoisotopic (exact) mass is 399 g/mol. The Hall–Kier alpha value is -2.71. The fraction of sp³-hybridized carbons (Fsp3) is 0.300. The minimum Gasteiger partial charge on any atom is -0.354 e. The van der Waals surface area contributed by atoms with Gasteiger partial charge in [-0.25, -0.2) is 8.42 Å². The Morgan fingerprint density at radius 3 is 2.36 bits per heavy atom. The predicted molar refractivity (Wildman–Crippen MR) is 103 cm³/mol. The van der Waals surface area contributed by atoms with Crippen LogP contribution >= 0.6 is 0 Å². The minimum atomic E-state index is -3.75. The van der Waals surface area contributed by atoms with Crippen LogP contribution in [0.25, 0.3) is 0 Å². The Kier molecular flexibility index (Phi) is 4.91. The smallest absolute Gasteiger partial charge is 0.254 e. The van der Waals surface area contributed by atoms with Crippen molar-refractivity contribution in [3.63, 3.8) is 0 Å². The van der Waals surface area contributed by atoms with Crippen molar-refractivity contribution in [1.82, 2.24) is 14.5 Å². The molecule has 1 N–H and O–H groups in total. The van der Waals surface area contributed by atoms with Gasteiger partial charge in [0.05, 0.1) is 11.4 Å². The quantitative estimate of drug-likeness (QED) is 0.834. The van der Waals surface area contributed by atoms with E-state index in [1.165, 1.54) is 17.7 Å². The van der Waals surface area contributed by atoms with E-state index < -0.39 is 10.0 Å². The van der Waals surface area contributed by atoms with Gasteiger partial charge in [-0.2, -0.15) is 4.31 Å². The number of piperazine rings is 1. The lowest BCUT2D eigenvalue weighted by Crippen LogP contribution is -2.49. The van der Waals surface area contributed by atoms with E-state index >= 15 is 0 Å². The molecule has 1 saturated heterocycles. The van der Waals surface area contributed by atoms with E-state index in [0.717, 1.165) is 16.3 Å². The lowest BCUT2D eigenvalue weighted by Gasteiger charge is -2.29. The molecule has 2 amide bonds. The number of fused-ring (bicyclic) bond motifs is 1. The molecular weight excluding hydrogens is 378 g/mol. The Morgan fingerprint density at radius 2 is 1.64 bits per heavy atom.